The average molecular weight is 406 g/mol. The van der Waals surface area contributed by atoms with E-state index in [1.165, 1.54) is 0 Å². The molecule has 4 aromatic carbocycles. The summed E-state index contributed by atoms with van der Waals surface area (Å²) in [6.07, 6.45) is 1.92. The van der Waals surface area contributed by atoms with Crippen LogP contribution in [0.5, 0.6) is 5.75 Å². The largest absolute Gasteiger partial charge is 0.473 e. The van der Waals surface area contributed by atoms with Crippen molar-refractivity contribution in [2.24, 2.45) is 0 Å². The van der Waals surface area contributed by atoms with Gasteiger partial charge in [0.1, 0.15) is 5.75 Å². The molecule has 1 aliphatic rings. The number of benzene rings is 4. The Morgan fingerprint density at radius 3 is 2.06 bits per heavy atom. The molecule has 0 saturated carbocycles. The molecule has 0 amide bonds. The van der Waals surface area contributed by atoms with Crippen LogP contribution in [0.15, 0.2) is 103 Å². The highest BCUT2D eigenvalue weighted by molar-refractivity contribution is 6.22. The van der Waals surface area contributed by atoms with E-state index in [1.807, 2.05) is 110 Å². The molecule has 31 heavy (non-hydrogen) atoms. The summed E-state index contributed by atoms with van der Waals surface area (Å²) < 4.78 is 12.3. The molecule has 3 nitrogen and oxygen atoms in total. The highest BCUT2D eigenvalue weighted by Gasteiger charge is 2.41. The van der Waals surface area contributed by atoms with Crippen molar-refractivity contribution in [1.82, 2.24) is 0 Å². The first-order chi connectivity index (χ1) is 15.2. The molecule has 0 aromatic heterocycles. The highest BCUT2D eigenvalue weighted by Crippen LogP contribution is 2.47. The van der Waals surface area contributed by atoms with Crippen molar-refractivity contribution in [2.45, 2.75) is 12.5 Å². The summed E-state index contributed by atoms with van der Waals surface area (Å²) >= 11 is 0. The normalized spacial score (nSPS) is 14.3. The van der Waals surface area contributed by atoms with Gasteiger partial charge in [0.05, 0.1) is 12.2 Å². The number of hydrogen-bond donors (Lipinski definition) is 0. The topological polar surface area (TPSA) is 35.5 Å². The van der Waals surface area contributed by atoms with Crippen molar-refractivity contribution >= 4 is 22.3 Å². The predicted octanol–water partition coefficient (Wildman–Crippen LogP) is 6.12. The van der Waals surface area contributed by atoms with Gasteiger partial charge in [-0.2, -0.15) is 0 Å². The first-order valence-corrected chi connectivity index (χ1v) is 10.4. The molecule has 1 aliphatic heterocycles. The number of carbonyl (C=O) groups excluding carboxylic acids is 1. The van der Waals surface area contributed by atoms with Crippen LogP contribution in [-0.4, -0.2) is 12.6 Å². The van der Waals surface area contributed by atoms with E-state index in [0.717, 1.165) is 27.5 Å². The van der Waals surface area contributed by atoms with Crippen molar-refractivity contribution in [2.75, 3.05) is 6.61 Å². The minimum atomic E-state index is -0.944. The van der Waals surface area contributed by atoms with Gasteiger partial charge in [-0.3, -0.25) is 0 Å². The molecule has 0 radical (unpaired) electrons. The molecule has 0 atom stereocenters. The summed E-state index contributed by atoms with van der Waals surface area (Å²) in [4.78, 5) is 13.2. The fraction of sp³-hybridized carbons (Fsp3) is 0.107. The Bertz CT molecular complexity index is 1230. The summed E-state index contributed by atoms with van der Waals surface area (Å²) in [7, 11) is 0. The van der Waals surface area contributed by atoms with Gasteiger partial charge in [0.25, 0.3) is 0 Å². The highest BCUT2D eigenvalue weighted by atomic mass is 16.5. The Morgan fingerprint density at radius 1 is 0.806 bits per heavy atom. The minimum Gasteiger partial charge on any atom is -0.473 e. The SMILES string of the molecule is CCOC(=O)C1=CC(c2ccccc2)(c2ccccc2)Oc2ccc3ccccc3c21. The molecule has 5 rings (SSSR count). The zero-order valence-corrected chi connectivity index (χ0v) is 17.2. The molecule has 0 saturated heterocycles. The van der Waals surface area contributed by atoms with Crippen LogP contribution in [-0.2, 0) is 15.1 Å². The van der Waals surface area contributed by atoms with Crippen molar-refractivity contribution < 1.29 is 14.3 Å². The second-order valence-corrected chi connectivity index (χ2v) is 7.51. The van der Waals surface area contributed by atoms with Crippen LogP contribution in [0.3, 0.4) is 0 Å². The molecular formula is C28H22O3. The molecule has 0 N–H and O–H groups in total. The Morgan fingerprint density at radius 2 is 1.42 bits per heavy atom. The van der Waals surface area contributed by atoms with Gasteiger partial charge in [-0.05, 0) is 29.8 Å². The zero-order valence-electron chi connectivity index (χ0n) is 17.2. The van der Waals surface area contributed by atoms with Crippen LogP contribution in [0.4, 0.5) is 0 Å². The summed E-state index contributed by atoms with van der Waals surface area (Å²) in [5.74, 6) is 0.316. The summed E-state index contributed by atoms with van der Waals surface area (Å²) in [5.41, 5.74) is 2.25. The summed E-state index contributed by atoms with van der Waals surface area (Å²) in [6.45, 7) is 2.13. The van der Waals surface area contributed by atoms with Crippen molar-refractivity contribution in [3.63, 3.8) is 0 Å². The molecule has 1 heterocycles. The lowest BCUT2D eigenvalue weighted by atomic mass is 9.80. The van der Waals surface area contributed by atoms with Crippen LogP contribution in [0, 0.1) is 0 Å². The van der Waals surface area contributed by atoms with E-state index >= 15 is 0 Å². The second-order valence-electron chi connectivity index (χ2n) is 7.51. The van der Waals surface area contributed by atoms with Gasteiger partial charge < -0.3 is 9.47 Å². The Hall–Kier alpha value is -3.85. The maximum absolute atomic E-state index is 13.2. The fourth-order valence-corrected chi connectivity index (χ4v) is 4.29. The van der Waals surface area contributed by atoms with E-state index in [2.05, 4.69) is 0 Å². The lowest BCUT2D eigenvalue weighted by molar-refractivity contribution is -0.136. The molecule has 0 unspecified atom stereocenters. The van der Waals surface area contributed by atoms with E-state index in [0.29, 0.717) is 17.9 Å². The van der Waals surface area contributed by atoms with Gasteiger partial charge in [0.2, 0.25) is 0 Å². The van der Waals surface area contributed by atoms with Gasteiger partial charge >= 0.3 is 5.97 Å². The maximum Gasteiger partial charge on any atom is 0.338 e. The first kappa shape index (κ1) is 19.1. The van der Waals surface area contributed by atoms with Gasteiger partial charge in [-0.1, -0.05) is 91.0 Å². The third-order valence-electron chi connectivity index (χ3n) is 5.68. The average Bonchev–Trinajstić information content (AvgIpc) is 2.84. The number of rotatable bonds is 4. The lowest BCUT2D eigenvalue weighted by Crippen LogP contribution is -2.36. The minimum absolute atomic E-state index is 0.306. The third-order valence-corrected chi connectivity index (χ3v) is 5.68. The van der Waals surface area contributed by atoms with E-state index in [9.17, 15) is 4.79 Å². The van der Waals surface area contributed by atoms with Crippen LogP contribution in [0.2, 0.25) is 0 Å². The van der Waals surface area contributed by atoms with Crippen LogP contribution in [0.1, 0.15) is 23.6 Å². The fourth-order valence-electron chi connectivity index (χ4n) is 4.29. The van der Waals surface area contributed by atoms with Crippen molar-refractivity contribution in [1.29, 1.82) is 0 Å². The molecule has 0 bridgehead atoms. The molecule has 4 aromatic rings. The number of hydrogen-bond acceptors (Lipinski definition) is 3. The number of carbonyl (C=O) groups is 1. The smallest absolute Gasteiger partial charge is 0.338 e. The monoisotopic (exact) mass is 406 g/mol. The van der Waals surface area contributed by atoms with Gasteiger partial charge in [0.15, 0.2) is 5.60 Å². The maximum atomic E-state index is 13.2. The molecule has 152 valence electrons. The Kier molecular flexibility index (Phi) is 4.79. The first-order valence-electron chi connectivity index (χ1n) is 10.4. The summed E-state index contributed by atoms with van der Waals surface area (Å²) in [6, 6.07) is 32.0. The van der Waals surface area contributed by atoms with Crippen molar-refractivity contribution in [3.05, 3.63) is 120 Å². The number of esters is 1. The quantitative estimate of drug-likeness (QED) is 0.383. The van der Waals surface area contributed by atoms with Crippen LogP contribution < -0.4 is 4.74 Å². The zero-order chi connectivity index (χ0) is 21.3. The lowest BCUT2D eigenvalue weighted by Gasteiger charge is -2.38. The van der Waals surface area contributed by atoms with E-state index in [-0.39, 0.29) is 5.97 Å². The molecule has 0 fully saturated rings. The van der Waals surface area contributed by atoms with E-state index in [1.54, 1.807) is 0 Å². The molecule has 0 aliphatic carbocycles. The Balaban J connectivity index is 1.84. The number of ether oxygens (including phenoxy) is 2. The van der Waals surface area contributed by atoms with Gasteiger partial charge in [-0.15, -0.1) is 0 Å². The summed E-state index contributed by atoms with van der Waals surface area (Å²) in [5, 5.41) is 2.01. The second kappa shape index (κ2) is 7.77. The predicted molar refractivity (Wildman–Crippen MR) is 123 cm³/mol. The van der Waals surface area contributed by atoms with Crippen molar-refractivity contribution in [3.8, 4) is 5.75 Å². The third kappa shape index (κ3) is 3.19. The standard InChI is InChI=1S/C28H22O3/c1-2-30-27(29)24-19-28(21-12-5-3-6-13-21,22-14-7-4-8-15-22)31-25-18-17-20-11-9-10-16-23(20)26(24)25/h3-19H,2H2,1H3. The van der Waals surface area contributed by atoms with Gasteiger partial charge in [-0.25, -0.2) is 4.79 Å². The van der Waals surface area contributed by atoms with Crippen LogP contribution in [0.25, 0.3) is 16.3 Å². The van der Waals surface area contributed by atoms with Crippen LogP contribution >= 0.6 is 0 Å². The van der Waals surface area contributed by atoms with E-state index < -0.39 is 5.60 Å². The molecule has 0 spiro atoms. The molecular weight excluding hydrogens is 384 g/mol. The molecule has 3 heteroatoms. The Labute approximate surface area is 181 Å². The number of fused-ring (bicyclic) bond motifs is 3. The van der Waals surface area contributed by atoms with E-state index in [4.69, 9.17) is 9.47 Å². The van der Waals surface area contributed by atoms with Gasteiger partial charge in [0, 0.05) is 16.7 Å².